The number of hydrogen-bond donors (Lipinski definition) is 0. The van der Waals surface area contributed by atoms with Crippen LogP contribution in [0.1, 0.15) is 156 Å². The Morgan fingerprint density at radius 1 is 0.538 bits per heavy atom. The van der Waals surface area contributed by atoms with E-state index in [0.717, 1.165) is 43.2 Å². The van der Waals surface area contributed by atoms with Crippen LogP contribution in [0.4, 0.5) is 26.3 Å². The number of halogens is 8. The Kier molecular flexibility index (Phi) is 13.0. The molecule has 0 saturated heterocycles. The largest absolute Gasteiger partial charge is 1.00 e. The van der Waals surface area contributed by atoms with Gasteiger partial charge in [0.2, 0.25) is 0 Å². The fourth-order valence-corrected chi connectivity index (χ4v) is 20.0. The second-order valence-electron chi connectivity index (χ2n) is 22.7. The van der Waals surface area contributed by atoms with E-state index in [-0.39, 0.29) is 61.4 Å². The van der Waals surface area contributed by atoms with E-state index in [0.29, 0.717) is 14.3 Å². The molecule has 0 saturated carbocycles. The van der Waals surface area contributed by atoms with Crippen LogP contribution in [0.2, 0.25) is 0 Å². The third-order valence-corrected chi connectivity index (χ3v) is 22.5. The maximum atomic E-state index is 14.8. The molecule has 4 aromatic carbocycles. The van der Waals surface area contributed by atoms with Gasteiger partial charge in [0.1, 0.15) is 0 Å². The van der Waals surface area contributed by atoms with Gasteiger partial charge in [0.05, 0.1) is 0 Å². The summed E-state index contributed by atoms with van der Waals surface area (Å²) in [6, 6.07) is 20.2. The maximum Gasteiger partial charge on any atom is -1.00 e. The van der Waals surface area contributed by atoms with Gasteiger partial charge in [-0.2, -0.15) is 0 Å². The van der Waals surface area contributed by atoms with Crippen LogP contribution in [0, 0.1) is 22.2 Å². The number of fused-ring (bicyclic) bond motifs is 5. The van der Waals surface area contributed by atoms with Crippen LogP contribution in [0.5, 0.6) is 0 Å². The van der Waals surface area contributed by atoms with Gasteiger partial charge in [-0.15, -0.1) is 0 Å². The standard InChI is InChI=1S/C31H37.C15H8F6.C10H15.2ClH.Zr/c1-28(2,3)26-16-30(7,8)24-12-18-11-19-13-25-23(15-21(19)20(18)14-22(24)26)27(29(4,5)6)17-31(25,9)10;16-14(17,18)12-5-1-3-10(8-12)7-11-4-2-6-13(9-11)15(19,20)21;1-8-5-6-9(7-8)10(2,3)4;;;/h11-17H,1-10H3;1-6,8-9H;6-8H,1-4H3;2*1H;/q;;;;;+2/p-2. The molecule has 0 fully saturated rings. The molecule has 9 heteroatoms. The summed E-state index contributed by atoms with van der Waals surface area (Å²) in [5, 5.41) is 0. The summed E-state index contributed by atoms with van der Waals surface area (Å²) in [5.74, 6) is -0.0761. The molecular weight excluding hydrogens is 949 g/mol. The van der Waals surface area contributed by atoms with Crippen LogP contribution >= 0.6 is 0 Å². The molecule has 0 amide bonds. The van der Waals surface area contributed by atoms with Gasteiger partial charge in [-0.05, 0) is 0 Å². The minimum atomic E-state index is -4.65. The summed E-state index contributed by atoms with van der Waals surface area (Å²) >= 11 is -3.94. The zero-order valence-corrected chi connectivity index (χ0v) is 43.9. The van der Waals surface area contributed by atoms with E-state index in [1.165, 1.54) is 57.7 Å². The van der Waals surface area contributed by atoms with E-state index < -0.39 is 44.7 Å². The van der Waals surface area contributed by atoms with Crippen LogP contribution in [-0.4, -0.2) is 3.21 Å². The molecule has 1 atom stereocenters. The van der Waals surface area contributed by atoms with Crippen molar-refractivity contribution in [2.24, 2.45) is 22.2 Å². The fraction of sp³-hybridized carbons (Fsp3) is 0.411. The Hall–Kier alpha value is -3.25. The van der Waals surface area contributed by atoms with Crippen molar-refractivity contribution in [3.8, 4) is 11.1 Å². The van der Waals surface area contributed by atoms with E-state index >= 15 is 0 Å². The molecule has 0 aliphatic heterocycles. The smallest absolute Gasteiger partial charge is 1.00 e. The monoisotopic (exact) mass is 1010 g/mol. The first-order valence-electron chi connectivity index (χ1n) is 22.2. The van der Waals surface area contributed by atoms with Crippen LogP contribution in [0.3, 0.4) is 0 Å². The molecule has 0 radical (unpaired) electrons. The van der Waals surface area contributed by atoms with Crippen molar-refractivity contribution in [1.82, 2.24) is 0 Å². The number of allylic oxidation sites excluding steroid dienone is 8. The molecular formula is C56H60Cl2F6Zr. The molecule has 344 valence electrons. The number of benzene rings is 4. The van der Waals surface area contributed by atoms with Gasteiger partial charge < -0.3 is 24.8 Å². The van der Waals surface area contributed by atoms with Crippen LogP contribution < -0.4 is 24.8 Å². The Bertz CT molecular complexity index is 2610. The van der Waals surface area contributed by atoms with E-state index in [4.69, 9.17) is 0 Å². The average Bonchev–Trinajstić information content (AvgIpc) is 3.85. The number of hydrogen-bond acceptors (Lipinski definition) is 0. The fourth-order valence-electron chi connectivity index (χ4n) is 10.6. The van der Waals surface area contributed by atoms with Crippen molar-refractivity contribution in [2.45, 2.75) is 124 Å². The van der Waals surface area contributed by atoms with E-state index in [9.17, 15) is 26.3 Å². The molecule has 4 aromatic rings. The van der Waals surface area contributed by atoms with Crippen molar-refractivity contribution in [2.75, 3.05) is 0 Å². The van der Waals surface area contributed by atoms with Gasteiger partial charge in [0.15, 0.2) is 0 Å². The third kappa shape index (κ3) is 8.99. The second-order valence-corrected chi connectivity index (χ2v) is 28.8. The molecule has 65 heavy (non-hydrogen) atoms. The predicted octanol–water partition coefficient (Wildman–Crippen LogP) is 10.6. The minimum Gasteiger partial charge on any atom is -1.00 e. The van der Waals surface area contributed by atoms with E-state index in [1.807, 2.05) is 0 Å². The van der Waals surface area contributed by atoms with Gasteiger partial charge in [0, 0.05) is 0 Å². The van der Waals surface area contributed by atoms with Gasteiger partial charge in [-0.1, -0.05) is 0 Å². The molecule has 8 rings (SSSR count). The van der Waals surface area contributed by atoms with Gasteiger partial charge in [-0.25, -0.2) is 0 Å². The quantitative estimate of drug-likeness (QED) is 0.179. The van der Waals surface area contributed by atoms with Gasteiger partial charge >= 0.3 is 381 Å². The Morgan fingerprint density at radius 2 is 0.938 bits per heavy atom. The molecule has 0 aromatic heterocycles. The molecule has 0 nitrogen and oxygen atoms in total. The van der Waals surface area contributed by atoms with Crippen molar-refractivity contribution in [3.05, 3.63) is 162 Å². The third-order valence-electron chi connectivity index (χ3n) is 13.8. The summed E-state index contributed by atoms with van der Waals surface area (Å²) in [6.07, 6.45) is 0.0279. The number of rotatable bonds is 4. The summed E-state index contributed by atoms with van der Waals surface area (Å²) < 4.78 is 90.1. The SMILES string of the molecule is CC1C=C(C(C)(C)C)C=[C]1[Zr+2](=[C](c1cccc(C(F)(F)F)c1)c1cccc(C(F)(F)F)c1)[CH]1c2cc3c(cc2-c2cc4c(cc21)C(C)(C)C=C4C(C)(C)C)C(C(C)(C)C)=CC3(C)C.[Cl-].[Cl-]. The molecule has 0 spiro atoms. The van der Waals surface area contributed by atoms with Crippen LogP contribution in [0.15, 0.2) is 106 Å². The molecule has 4 aliphatic carbocycles. The topological polar surface area (TPSA) is 0 Å². The van der Waals surface area contributed by atoms with Crippen LogP contribution in [-0.2, 0) is 44.4 Å². The first-order chi connectivity index (χ1) is 28.8. The van der Waals surface area contributed by atoms with Gasteiger partial charge in [-0.3, -0.25) is 0 Å². The first kappa shape index (κ1) is 51.2. The maximum absolute atomic E-state index is 14.8. The Morgan fingerprint density at radius 3 is 1.28 bits per heavy atom. The van der Waals surface area contributed by atoms with E-state index in [1.54, 1.807) is 12.1 Å². The first-order valence-corrected chi connectivity index (χ1v) is 26.0. The normalized spacial score (nSPS) is 18.5. The van der Waals surface area contributed by atoms with Crippen molar-refractivity contribution in [3.63, 3.8) is 0 Å². The zero-order chi connectivity index (χ0) is 46.4. The van der Waals surface area contributed by atoms with Crippen molar-refractivity contribution >= 4 is 14.4 Å². The van der Waals surface area contributed by atoms with Crippen molar-refractivity contribution in [1.29, 1.82) is 0 Å². The van der Waals surface area contributed by atoms with Crippen molar-refractivity contribution < 1.29 is 72.4 Å². The average molecular weight is 1010 g/mol. The number of alkyl halides is 6. The van der Waals surface area contributed by atoms with E-state index in [2.05, 4.69) is 146 Å². The summed E-state index contributed by atoms with van der Waals surface area (Å²) in [7, 11) is 0. The second kappa shape index (κ2) is 16.5. The molecule has 0 heterocycles. The zero-order valence-electron chi connectivity index (χ0n) is 39.9. The summed E-state index contributed by atoms with van der Waals surface area (Å²) in [6.45, 7) is 31.1. The Labute approximate surface area is 402 Å². The van der Waals surface area contributed by atoms with Gasteiger partial charge in [0.25, 0.3) is 0 Å². The van der Waals surface area contributed by atoms with Crippen LogP contribution in [0.25, 0.3) is 22.3 Å². The Balaban J connectivity index is 0.00000350. The summed E-state index contributed by atoms with van der Waals surface area (Å²) in [4.78, 5) is 0. The minimum absolute atomic E-state index is 0. The molecule has 4 aliphatic rings. The molecule has 1 unspecified atom stereocenters. The molecule has 0 N–H and O–H groups in total. The predicted molar refractivity (Wildman–Crippen MR) is 246 cm³/mol. The molecule has 0 bridgehead atoms. The summed E-state index contributed by atoms with van der Waals surface area (Å²) in [5.41, 5.74) is 10.9.